The van der Waals surface area contributed by atoms with Gasteiger partial charge in [0.05, 0.1) is 12.2 Å². The molecule has 0 aromatic heterocycles. The SMILES string of the molecule is Cc1ccc(NCC(=O)NC(C)C(C)C)c(F)c1. The van der Waals surface area contributed by atoms with Gasteiger partial charge in [0.15, 0.2) is 0 Å². The number of hydrogen-bond donors (Lipinski definition) is 2. The molecule has 1 aromatic carbocycles. The number of halogens is 1. The number of aryl methyl sites for hydroxylation is 1. The maximum absolute atomic E-state index is 13.5. The van der Waals surface area contributed by atoms with Crippen molar-refractivity contribution in [2.24, 2.45) is 5.92 Å². The summed E-state index contributed by atoms with van der Waals surface area (Å²) in [5, 5.41) is 5.65. The molecule has 0 bridgehead atoms. The van der Waals surface area contributed by atoms with E-state index in [1.54, 1.807) is 12.1 Å². The number of amides is 1. The first-order valence-corrected chi connectivity index (χ1v) is 6.19. The molecule has 1 atom stereocenters. The van der Waals surface area contributed by atoms with Gasteiger partial charge < -0.3 is 10.6 Å². The van der Waals surface area contributed by atoms with Crippen LogP contribution in [0.3, 0.4) is 0 Å². The number of carbonyl (C=O) groups excluding carboxylic acids is 1. The van der Waals surface area contributed by atoms with Crippen LogP contribution in [-0.4, -0.2) is 18.5 Å². The Kier molecular flexibility index (Phi) is 5.13. The van der Waals surface area contributed by atoms with Crippen molar-refractivity contribution >= 4 is 11.6 Å². The Hall–Kier alpha value is -1.58. The van der Waals surface area contributed by atoms with Gasteiger partial charge in [0, 0.05) is 6.04 Å². The summed E-state index contributed by atoms with van der Waals surface area (Å²) in [5.74, 6) is -0.0825. The molecule has 0 aliphatic heterocycles. The van der Waals surface area contributed by atoms with E-state index in [1.807, 2.05) is 27.7 Å². The minimum Gasteiger partial charge on any atom is -0.374 e. The maximum Gasteiger partial charge on any atom is 0.239 e. The third-order valence-electron chi connectivity index (χ3n) is 2.95. The van der Waals surface area contributed by atoms with Crippen LogP contribution in [0.2, 0.25) is 0 Å². The minimum absolute atomic E-state index is 0.0804. The van der Waals surface area contributed by atoms with E-state index in [4.69, 9.17) is 0 Å². The summed E-state index contributed by atoms with van der Waals surface area (Å²) in [6, 6.07) is 5.00. The first kappa shape index (κ1) is 14.5. The third kappa shape index (κ3) is 4.35. The molecule has 0 aliphatic carbocycles. The Balaban J connectivity index is 2.47. The van der Waals surface area contributed by atoms with Gasteiger partial charge in [-0.05, 0) is 37.5 Å². The molecule has 0 spiro atoms. The Bertz CT molecular complexity index is 418. The molecule has 4 heteroatoms. The molecule has 1 aromatic rings. The van der Waals surface area contributed by atoms with Crippen LogP contribution in [0.4, 0.5) is 10.1 Å². The van der Waals surface area contributed by atoms with Gasteiger partial charge in [-0.1, -0.05) is 19.9 Å². The number of nitrogens with one attached hydrogen (secondary N) is 2. The minimum atomic E-state index is -0.334. The largest absolute Gasteiger partial charge is 0.374 e. The Morgan fingerprint density at radius 2 is 2.00 bits per heavy atom. The molecule has 18 heavy (non-hydrogen) atoms. The van der Waals surface area contributed by atoms with Crippen LogP contribution in [0.1, 0.15) is 26.3 Å². The monoisotopic (exact) mass is 252 g/mol. The van der Waals surface area contributed by atoms with Crippen LogP contribution in [0, 0.1) is 18.7 Å². The Morgan fingerprint density at radius 3 is 2.56 bits per heavy atom. The molecule has 0 radical (unpaired) electrons. The van der Waals surface area contributed by atoms with Crippen LogP contribution < -0.4 is 10.6 Å². The fourth-order valence-electron chi connectivity index (χ4n) is 1.41. The van der Waals surface area contributed by atoms with E-state index in [0.717, 1.165) is 5.56 Å². The summed E-state index contributed by atoms with van der Waals surface area (Å²) in [4.78, 5) is 11.6. The zero-order valence-electron chi connectivity index (χ0n) is 11.4. The first-order chi connectivity index (χ1) is 8.40. The summed E-state index contributed by atoms with van der Waals surface area (Å²) in [7, 11) is 0. The summed E-state index contributed by atoms with van der Waals surface area (Å²) in [6.45, 7) is 7.94. The quantitative estimate of drug-likeness (QED) is 0.846. The van der Waals surface area contributed by atoms with Gasteiger partial charge in [-0.3, -0.25) is 4.79 Å². The van der Waals surface area contributed by atoms with Crippen molar-refractivity contribution < 1.29 is 9.18 Å². The molecule has 2 N–H and O–H groups in total. The third-order valence-corrected chi connectivity index (χ3v) is 2.95. The van der Waals surface area contributed by atoms with Crippen LogP contribution in [-0.2, 0) is 4.79 Å². The predicted octanol–water partition coefficient (Wildman–Crippen LogP) is 2.71. The van der Waals surface area contributed by atoms with E-state index in [1.165, 1.54) is 6.07 Å². The zero-order chi connectivity index (χ0) is 13.7. The second-order valence-electron chi connectivity index (χ2n) is 4.94. The first-order valence-electron chi connectivity index (χ1n) is 6.19. The van der Waals surface area contributed by atoms with Crippen LogP contribution in [0.25, 0.3) is 0 Å². The van der Waals surface area contributed by atoms with E-state index in [2.05, 4.69) is 10.6 Å². The van der Waals surface area contributed by atoms with Crippen molar-refractivity contribution in [2.75, 3.05) is 11.9 Å². The lowest BCUT2D eigenvalue weighted by molar-refractivity contribution is -0.120. The van der Waals surface area contributed by atoms with Crippen molar-refractivity contribution in [1.82, 2.24) is 5.32 Å². The second-order valence-corrected chi connectivity index (χ2v) is 4.94. The van der Waals surface area contributed by atoms with Gasteiger partial charge >= 0.3 is 0 Å². The summed E-state index contributed by atoms with van der Waals surface area (Å²) < 4.78 is 13.5. The van der Waals surface area contributed by atoms with Crippen molar-refractivity contribution in [3.63, 3.8) is 0 Å². The normalized spacial score (nSPS) is 12.3. The van der Waals surface area contributed by atoms with Crippen molar-refractivity contribution in [1.29, 1.82) is 0 Å². The average molecular weight is 252 g/mol. The highest BCUT2D eigenvalue weighted by Gasteiger charge is 2.11. The van der Waals surface area contributed by atoms with Gasteiger partial charge in [0.1, 0.15) is 5.82 Å². The molecule has 1 amide bonds. The predicted molar refractivity (Wildman–Crippen MR) is 72.1 cm³/mol. The Labute approximate surface area is 108 Å². The lowest BCUT2D eigenvalue weighted by Crippen LogP contribution is -2.39. The van der Waals surface area contributed by atoms with E-state index in [9.17, 15) is 9.18 Å². The standard InChI is InChI=1S/C14H21FN2O/c1-9(2)11(4)17-14(18)8-16-13-6-5-10(3)7-12(13)15/h5-7,9,11,16H,8H2,1-4H3,(H,17,18). The maximum atomic E-state index is 13.5. The van der Waals surface area contributed by atoms with Crippen molar-refractivity contribution in [2.45, 2.75) is 33.7 Å². The Morgan fingerprint density at radius 1 is 1.33 bits per heavy atom. The van der Waals surface area contributed by atoms with Crippen LogP contribution in [0.5, 0.6) is 0 Å². The van der Waals surface area contributed by atoms with Gasteiger partial charge in [0.2, 0.25) is 5.91 Å². The van der Waals surface area contributed by atoms with Gasteiger partial charge in [0.25, 0.3) is 0 Å². The van der Waals surface area contributed by atoms with Gasteiger partial charge in [-0.25, -0.2) is 4.39 Å². The molecule has 0 saturated heterocycles. The fourth-order valence-corrected chi connectivity index (χ4v) is 1.41. The van der Waals surface area contributed by atoms with E-state index in [-0.39, 0.29) is 24.3 Å². The number of benzene rings is 1. The molecule has 3 nitrogen and oxygen atoms in total. The molecular weight excluding hydrogens is 231 g/mol. The van der Waals surface area contributed by atoms with Crippen molar-refractivity contribution in [3.8, 4) is 0 Å². The fraction of sp³-hybridized carbons (Fsp3) is 0.500. The van der Waals surface area contributed by atoms with Gasteiger partial charge in [-0.15, -0.1) is 0 Å². The lowest BCUT2D eigenvalue weighted by Gasteiger charge is -2.17. The topological polar surface area (TPSA) is 41.1 Å². The highest BCUT2D eigenvalue weighted by atomic mass is 19.1. The zero-order valence-corrected chi connectivity index (χ0v) is 11.4. The van der Waals surface area contributed by atoms with Crippen molar-refractivity contribution in [3.05, 3.63) is 29.6 Å². The number of anilines is 1. The molecule has 0 heterocycles. The molecule has 0 fully saturated rings. The molecule has 0 saturated carbocycles. The molecule has 1 rings (SSSR count). The van der Waals surface area contributed by atoms with E-state index < -0.39 is 0 Å². The lowest BCUT2D eigenvalue weighted by atomic mass is 10.1. The van der Waals surface area contributed by atoms with E-state index >= 15 is 0 Å². The molecule has 1 unspecified atom stereocenters. The smallest absolute Gasteiger partial charge is 0.239 e. The number of rotatable bonds is 5. The van der Waals surface area contributed by atoms with Gasteiger partial charge in [-0.2, -0.15) is 0 Å². The highest BCUT2D eigenvalue weighted by molar-refractivity contribution is 5.81. The molecule has 100 valence electrons. The average Bonchev–Trinajstić information content (AvgIpc) is 2.27. The number of hydrogen-bond acceptors (Lipinski definition) is 2. The molecular formula is C14H21FN2O. The molecule has 0 aliphatic rings. The summed E-state index contributed by atoms with van der Waals surface area (Å²) >= 11 is 0. The van der Waals surface area contributed by atoms with Crippen LogP contribution in [0.15, 0.2) is 18.2 Å². The highest BCUT2D eigenvalue weighted by Crippen LogP contribution is 2.14. The van der Waals surface area contributed by atoms with Crippen LogP contribution >= 0.6 is 0 Å². The summed E-state index contributed by atoms with van der Waals surface area (Å²) in [5.41, 5.74) is 1.21. The summed E-state index contributed by atoms with van der Waals surface area (Å²) in [6.07, 6.45) is 0. The van der Waals surface area contributed by atoms with E-state index in [0.29, 0.717) is 11.6 Å². The second kappa shape index (κ2) is 6.38. The number of carbonyl (C=O) groups is 1.